The van der Waals surface area contributed by atoms with Gasteiger partial charge in [-0.1, -0.05) is 25.7 Å². The van der Waals surface area contributed by atoms with Crippen molar-refractivity contribution in [2.24, 2.45) is 7.05 Å². The van der Waals surface area contributed by atoms with Crippen LogP contribution in [-0.4, -0.2) is 72.8 Å². The Balaban J connectivity index is 1.25. The molecular formula is C29H34N10O2S. The number of hydrogen-bond donors (Lipinski definition) is 2. The molecule has 2 N–H and O–H groups in total. The van der Waals surface area contributed by atoms with E-state index >= 15 is 0 Å². The number of nitrogens with zero attached hydrogens (tertiary/aromatic N) is 8. The summed E-state index contributed by atoms with van der Waals surface area (Å²) in [5.41, 5.74) is 3.21. The van der Waals surface area contributed by atoms with E-state index in [1.54, 1.807) is 29.3 Å². The molecule has 0 spiro atoms. The van der Waals surface area contributed by atoms with Crippen LogP contribution in [0.15, 0.2) is 49.3 Å². The molecule has 1 saturated carbocycles. The van der Waals surface area contributed by atoms with Crippen LogP contribution >= 0.6 is 0 Å². The lowest BCUT2D eigenvalue weighted by molar-refractivity contribution is 0.387. The van der Waals surface area contributed by atoms with Gasteiger partial charge in [0.2, 0.25) is 0 Å². The summed E-state index contributed by atoms with van der Waals surface area (Å²) in [6.07, 6.45) is 13.4. The maximum Gasteiger partial charge on any atom is 0.256 e. The first-order valence-electron chi connectivity index (χ1n) is 14.2. The Morgan fingerprint density at radius 2 is 1.79 bits per heavy atom. The van der Waals surface area contributed by atoms with Crippen LogP contribution < -0.4 is 15.5 Å². The molecule has 12 nitrogen and oxygen atoms in total. The Bertz CT molecular complexity index is 1740. The minimum Gasteiger partial charge on any atom is -0.370 e. The van der Waals surface area contributed by atoms with Crippen LogP contribution in [0.1, 0.15) is 50.7 Å². The lowest BCUT2D eigenvalue weighted by Crippen LogP contribution is -2.45. The summed E-state index contributed by atoms with van der Waals surface area (Å²) in [6.45, 7) is 6.17. The SMILES string of the molecule is CC(C)NC1CCN(c2cc(Nc3ccnc(-c4cnn(S(=O)(=O)C5CC5)c4)n3)ncc2C#Cc2cnn(C)c2)CC1. The molecule has 0 unspecified atom stereocenters. The van der Waals surface area contributed by atoms with Crippen LogP contribution in [0.5, 0.6) is 0 Å². The van der Waals surface area contributed by atoms with E-state index in [9.17, 15) is 8.42 Å². The third-order valence-electron chi connectivity index (χ3n) is 7.27. The highest BCUT2D eigenvalue weighted by Gasteiger charge is 2.37. The van der Waals surface area contributed by atoms with Crippen molar-refractivity contribution >= 4 is 27.3 Å². The van der Waals surface area contributed by atoms with Crippen LogP contribution in [0.3, 0.4) is 0 Å². The van der Waals surface area contributed by atoms with Gasteiger partial charge in [0.15, 0.2) is 5.82 Å². The fraction of sp³-hybridized carbons (Fsp3) is 0.414. The second-order valence-corrected chi connectivity index (χ2v) is 13.1. The van der Waals surface area contributed by atoms with Gasteiger partial charge in [-0.2, -0.15) is 14.3 Å². The molecule has 13 heteroatoms. The molecule has 2 aliphatic rings. The summed E-state index contributed by atoms with van der Waals surface area (Å²) < 4.78 is 27.9. The number of piperidine rings is 1. The van der Waals surface area contributed by atoms with E-state index in [4.69, 9.17) is 0 Å². The lowest BCUT2D eigenvalue weighted by Gasteiger charge is -2.35. The molecule has 1 saturated heterocycles. The summed E-state index contributed by atoms with van der Waals surface area (Å²) >= 11 is 0. The molecule has 4 aromatic heterocycles. The minimum absolute atomic E-state index is 0.353. The van der Waals surface area contributed by atoms with Gasteiger partial charge in [0, 0.05) is 56.9 Å². The topological polar surface area (TPSA) is 136 Å². The van der Waals surface area contributed by atoms with Crippen LogP contribution in [0.4, 0.5) is 17.3 Å². The van der Waals surface area contributed by atoms with E-state index in [1.165, 1.54) is 12.4 Å². The lowest BCUT2D eigenvalue weighted by atomic mass is 10.0. The van der Waals surface area contributed by atoms with E-state index in [1.807, 2.05) is 19.3 Å². The van der Waals surface area contributed by atoms with Crippen molar-refractivity contribution in [1.82, 2.24) is 39.2 Å². The molecule has 0 aromatic carbocycles. The zero-order valence-corrected chi connectivity index (χ0v) is 24.7. The van der Waals surface area contributed by atoms with Crippen molar-refractivity contribution in [1.29, 1.82) is 0 Å². The van der Waals surface area contributed by atoms with Gasteiger partial charge in [-0.25, -0.2) is 23.4 Å². The number of rotatable bonds is 8. The predicted octanol–water partition coefficient (Wildman–Crippen LogP) is 2.92. The van der Waals surface area contributed by atoms with Crippen LogP contribution in [-0.2, 0) is 17.1 Å². The van der Waals surface area contributed by atoms with E-state index in [0.29, 0.717) is 47.9 Å². The molecular weight excluding hydrogens is 552 g/mol. The molecule has 4 aromatic rings. The van der Waals surface area contributed by atoms with E-state index < -0.39 is 10.0 Å². The van der Waals surface area contributed by atoms with Crippen LogP contribution in [0, 0.1) is 11.8 Å². The fourth-order valence-corrected chi connectivity index (χ4v) is 6.51. The second kappa shape index (κ2) is 11.5. The van der Waals surface area contributed by atoms with E-state index in [0.717, 1.165) is 46.8 Å². The predicted molar refractivity (Wildman–Crippen MR) is 161 cm³/mol. The Morgan fingerprint density at radius 1 is 0.976 bits per heavy atom. The monoisotopic (exact) mass is 586 g/mol. The first kappa shape index (κ1) is 27.9. The number of aryl methyl sites for hydroxylation is 1. The van der Waals surface area contributed by atoms with Crippen molar-refractivity contribution < 1.29 is 8.42 Å². The average Bonchev–Trinajstić information content (AvgIpc) is 3.57. The third kappa shape index (κ3) is 6.29. The van der Waals surface area contributed by atoms with Crippen molar-refractivity contribution in [3.8, 4) is 23.2 Å². The van der Waals surface area contributed by atoms with Crippen molar-refractivity contribution in [3.63, 3.8) is 0 Å². The maximum atomic E-state index is 12.5. The zero-order valence-electron chi connectivity index (χ0n) is 23.9. The number of anilines is 3. The highest BCUT2D eigenvalue weighted by molar-refractivity contribution is 7.90. The van der Waals surface area contributed by atoms with E-state index in [-0.39, 0.29) is 5.25 Å². The molecule has 5 heterocycles. The van der Waals surface area contributed by atoms with Crippen molar-refractivity contribution in [2.75, 3.05) is 23.3 Å². The van der Waals surface area contributed by atoms with E-state index in [2.05, 4.69) is 66.4 Å². The zero-order chi connectivity index (χ0) is 29.3. The number of aromatic nitrogens is 7. The second-order valence-electron chi connectivity index (χ2n) is 11.1. The molecule has 1 aliphatic heterocycles. The van der Waals surface area contributed by atoms with Gasteiger partial charge < -0.3 is 15.5 Å². The summed E-state index contributed by atoms with van der Waals surface area (Å²) in [7, 11) is -1.59. The number of hydrogen-bond acceptors (Lipinski definition) is 10. The Morgan fingerprint density at radius 3 is 2.50 bits per heavy atom. The van der Waals surface area contributed by atoms with Crippen molar-refractivity contribution in [2.45, 2.75) is 56.9 Å². The molecule has 0 atom stereocenters. The van der Waals surface area contributed by atoms with Crippen molar-refractivity contribution in [3.05, 3.63) is 60.4 Å². The Kier molecular flexibility index (Phi) is 7.66. The minimum atomic E-state index is -3.46. The smallest absolute Gasteiger partial charge is 0.256 e. The average molecular weight is 587 g/mol. The first-order valence-corrected chi connectivity index (χ1v) is 15.7. The molecule has 0 radical (unpaired) electrons. The van der Waals surface area contributed by atoms with Gasteiger partial charge in [0.05, 0.1) is 46.2 Å². The summed E-state index contributed by atoms with van der Waals surface area (Å²) in [4.78, 5) is 15.9. The van der Waals surface area contributed by atoms with Crippen LogP contribution in [0.25, 0.3) is 11.4 Å². The quantitative estimate of drug-likeness (QED) is 0.297. The standard InChI is InChI=1S/C29H34N10O2S/c1-20(2)34-24-9-12-38(13-10-24)26-14-28(31-16-22(26)5-4-21-15-32-37(3)18-21)35-27-8-11-30-29(36-27)23-17-33-39(19-23)42(40,41)25-6-7-25/h8,11,14-20,24-25,34H,6-7,9-10,12-13H2,1-3H3,(H,30,31,35,36). The highest BCUT2D eigenvalue weighted by atomic mass is 32.2. The van der Waals surface area contributed by atoms with Gasteiger partial charge in [0.1, 0.15) is 11.6 Å². The fourth-order valence-electron chi connectivity index (χ4n) is 5.03. The molecule has 6 rings (SSSR count). The van der Waals surface area contributed by atoms with Gasteiger partial charge in [-0.3, -0.25) is 4.68 Å². The summed E-state index contributed by atoms with van der Waals surface area (Å²) in [5.74, 6) is 8.03. The molecule has 0 amide bonds. The van der Waals surface area contributed by atoms with Gasteiger partial charge >= 0.3 is 0 Å². The van der Waals surface area contributed by atoms with Gasteiger partial charge in [0.25, 0.3) is 10.0 Å². The number of pyridine rings is 1. The normalized spacial score (nSPS) is 16.0. The molecule has 42 heavy (non-hydrogen) atoms. The molecule has 218 valence electrons. The maximum absolute atomic E-state index is 12.5. The Hall–Kier alpha value is -4.28. The largest absolute Gasteiger partial charge is 0.370 e. The van der Waals surface area contributed by atoms with Crippen LogP contribution in [0.2, 0.25) is 0 Å². The number of nitrogens with one attached hydrogen (secondary N) is 2. The third-order valence-corrected chi connectivity index (χ3v) is 9.30. The molecule has 2 fully saturated rings. The van der Waals surface area contributed by atoms with Gasteiger partial charge in [-0.05, 0) is 31.7 Å². The molecule has 1 aliphatic carbocycles. The van der Waals surface area contributed by atoms with Gasteiger partial charge in [-0.15, -0.1) is 0 Å². The summed E-state index contributed by atoms with van der Waals surface area (Å²) in [6, 6.07) is 4.70. The highest BCUT2D eigenvalue weighted by Crippen LogP contribution is 2.31. The first-order chi connectivity index (χ1) is 20.2. The summed E-state index contributed by atoms with van der Waals surface area (Å²) in [5, 5.41) is 14.9. The Labute approximate surface area is 245 Å². The molecule has 0 bridgehead atoms.